The van der Waals surface area contributed by atoms with Gasteiger partial charge in [0.15, 0.2) is 0 Å². The first kappa shape index (κ1) is 10.8. The number of hydrogen-bond acceptors (Lipinski definition) is 3. The molecule has 1 aromatic heterocycles. The van der Waals surface area contributed by atoms with E-state index in [2.05, 4.69) is 10.3 Å². The summed E-state index contributed by atoms with van der Waals surface area (Å²) in [4.78, 5) is 4.15. The third kappa shape index (κ3) is 2.35. The minimum Gasteiger partial charge on any atom is -0.384 e. The summed E-state index contributed by atoms with van der Waals surface area (Å²) < 4.78 is 0. The van der Waals surface area contributed by atoms with Crippen LogP contribution in [0.1, 0.15) is 18.4 Å². The second-order valence-corrected chi connectivity index (χ2v) is 3.23. The fraction of sp³-hybridized carbons (Fsp3) is 0.333. The van der Waals surface area contributed by atoms with Crippen molar-refractivity contribution >= 4 is 24.1 Å². The Labute approximate surface area is 88.8 Å². The molecule has 0 saturated heterocycles. The molecule has 0 amide bonds. The van der Waals surface area contributed by atoms with Gasteiger partial charge in [-0.2, -0.15) is 0 Å². The van der Waals surface area contributed by atoms with E-state index in [1.54, 1.807) is 18.3 Å². The quantitative estimate of drug-likeness (QED) is 0.523. The highest BCUT2D eigenvalue weighted by Gasteiger charge is 2.22. The van der Waals surface area contributed by atoms with Gasteiger partial charge in [0.05, 0.1) is 5.56 Å². The van der Waals surface area contributed by atoms with Crippen molar-refractivity contribution in [3.8, 4) is 0 Å². The maximum atomic E-state index is 7.34. The highest BCUT2D eigenvalue weighted by Crippen LogP contribution is 2.24. The van der Waals surface area contributed by atoms with E-state index in [4.69, 9.17) is 11.1 Å². The van der Waals surface area contributed by atoms with Crippen LogP contribution in [0.25, 0.3) is 0 Å². The van der Waals surface area contributed by atoms with Crippen LogP contribution in [0.2, 0.25) is 0 Å². The first-order chi connectivity index (χ1) is 6.27. The highest BCUT2D eigenvalue weighted by molar-refractivity contribution is 5.99. The lowest BCUT2D eigenvalue weighted by molar-refractivity contribution is 1.11. The van der Waals surface area contributed by atoms with E-state index in [-0.39, 0.29) is 18.2 Å². The Morgan fingerprint density at radius 2 is 2.29 bits per heavy atom. The van der Waals surface area contributed by atoms with Gasteiger partial charge in [0, 0.05) is 12.2 Å². The summed E-state index contributed by atoms with van der Waals surface area (Å²) in [5.74, 6) is 0.800. The molecular weight excluding hydrogens is 200 g/mol. The van der Waals surface area contributed by atoms with Gasteiger partial charge in [-0.25, -0.2) is 4.98 Å². The van der Waals surface area contributed by atoms with Crippen molar-refractivity contribution in [1.82, 2.24) is 4.98 Å². The Balaban J connectivity index is 0.000000980. The Morgan fingerprint density at radius 1 is 1.57 bits per heavy atom. The second-order valence-electron chi connectivity index (χ2n) is 3.23. The van der Waals surface area contributed by atoms with Crippen LogP contribution in [0.15, 0.2) is 18.3 Å². The molecule has 0 aliphatic heterocycles. The van der Waals surface area contributed by atoms with E-state index in [9.17, 15) is 0 Å². The largest absolute Gasteiger partial charge is 0.384 e. The van der Waals surface area contributed by atoms with E-state index in [0.29, 0.717) is 11.6 Å². The fourth-order valence-corrected chi connectivity index (χ4v) is 1.16. The molecule has 2 rings (SSSR count). The average Bonchev–Trinajstić information content (AvgIpc) is 2.89. The summed E-state index contributed by atoms with van der Waals surface area (Å²) in [5, 5.41) is 10.6. The maximum absolute atomic E-state index is 7.34. The minimum absolute atomic E-state index is 0. The third-order valence-electron chi connectivity index (χ3n) is 2.02. The molecule has 4 nitrogen and oxygen atoms in total. The number of amidine groups is 1. The summed E-state index contributed by atoms with van der Waals surface area (Å²) in [5.41, 5.74) is 6.10. The second kappa shape index (κ2) is 4.28. The molecule has 0 radical (unpaired) electrons. The van der Waals surface area contributed by atoms with Crippen LogP contribution in [-0.2, 0) is 0 Å². The molecule has 5 heteroatoms. The number of rotatable bonds is 3. The van der Waals surface area contributed by atoms with Gasteiger partial charge in [-0.1, -0.05) is 0 Å². The van der Waals surface area contributed by atoms with Crippen molar-refractivity contribution < 1.29 is 0 Å². The standard InChI is InChI=1S/C9H12N4.ClH/c10-8(11)7-2-1-5-12-9(7)13-6-3-4-6;/h1-2,5-6H,3-4H2,(H3,10,11)(H,12,13);1H. The SMILES string of the molecule is Cl.N=C(N)c1cccnc1NC1CC1. The molecule has 1 fully saturated rings. The molecule has 0 spiro atoms. The molecule has 1 saturated carbocycles. The van der Waals surface area contributed by atoms with Gasteiger partial charge in [0.2, 0.25) is 0 Å². The number of nitrogen functional groups attached to an aromatic ring is 1. The molecule has 14 heavy (non-hydrogen) atoms. The number of hydrogen-bond donors (Lipinski definition) is 3. The maximum Gasteiger partial charge on any atom is 0.137 e. The van der Waals surface area contributed by atoms with Gasteiger partial charge in [-0.15, -0.1) is 12.4 Å². The topological polar surface area (TPSA) is 74.8 Å². The van der Waals surface area contributed by atoms with Crippen LogP contribution in [0.5, 0.6) is 0 Å². The number of halogens is 1. The lowest BCUT2D eigenvalue weighted by atomic mass is 10.2. The van der Waals surface area contributed by atoms with Crippen molar-refractivity contribution in [2.24, 2.45) is 5.73 Å². The summed E-state index contributed by atoms with van der Waals surface area (Å²) in [6.07, 6.45) is 4.08. The van der Waals surface area contributed by atoms with Crippen LogP contribution in [-0.4, -0.2) is 16.9 Å². The number of anilines is 1. The monoisotopic (exact) mass is 212 g/mol. The Bertz CT molecular complexity index is 335. The zero-order valence-electron chi connectivity index (χ0n) is 7.66. The van der Waals surface area contributed by atoms with E-state index >= 15 is 0 Å². The molecule has 4 N–H and O–H groups in total. The normalized spacial score (nSPS) is 14.3. The van der Waals surface area contributed by atoms with Crippen LogP contribution in [0.4, 0.5) is 5.82 Å². The van der Waals surface area contributed by atoms with Crippen LogP contribution in [0, 0.1) is 5.41 Å². The number of nitrogens with zero attached hydrogens (tertiary/aromatic N) is 1. The summed E-state index contributed by atoms with van der Waals surface area (Å²) in [6, 6.07) is 4.13. The summed E-state index contributed by atoms with van der Waals surface area (Å²) in [7, 11) is 0. The summed E-state index contributed by atoms with van der Waals surface area (Å²) >= 11 is 0. The molecule has 1 aliphatic rings. The summed E-state index contributed by atoms with van der Waals surface area (Å²) in [6.45, 7) is 0. The first-order valence-electron chi connectivity index (χ1n) is 4.33. The lowest BCUT2D eigenvalue weighted by Gasteiger charge is -2.07. The Kier molecular flexibility index (Phi) is 3.30. The number of nitrogens with one attached hydrogen (secondary N) is 2. The molecule has 1 aliphatic carbocycles. The molecule has 76 valence electrons. The Hall–Kier alpha value is -1.29. The van der Waals surface area contributed by atoms with Crippen molar-refractivity contribution in [2.75, 3.05) is 5.32 Å². The zero-order chi connectivity index (χ0) is 9.26. The van der Waals surface area contributed by atoms with Gasteiger partial charge in [-0.05, 0) is 25.0 Å². The number of aromatic nitrogens is 1. The van der Waals surface area contributed by atoms with E-state index < -0.39 is 0 Å². The average molecular weight is 213 g/mol. The molecule has 0 bridgehead atoms. The molecule has 1 aromatic rings. The van der Waals surface area contributed by atoms with Crippen LogP contribution >= 0.6 is 12.4 Å². The van der Waals surface area contributed by atoms with Crippen molar-refractivity contribution in [3.05, 3.63) is 23.9 Å². The lowest BCUT2D eigenvalue weighted by Crippen LogP contribution is -2.16. The van der Waals surface area contributed by atoms with Crippen molar-refractivity contribution in [2.45, 2.75) is 18.9 Å². The smallest absolute Gasteiger partial charge is 0.137 e. The Morgan fingerprint density at radius 3 is 2.86 bits per heavy atom. The van der Waals surface area contributed by atoms with E-state index in [1.165, 1.54) is 12.8 Å². The molecule has 0 atom stereocenters. The predicted molar refractivity (Wildman–Crippen MR) is 59.1 cm³/mol. The van der Waals surface area contributed by atoms with E-state index in [0.717, 1.165) is 5.82 Å². The molecule has 1 heterocycles. The first-order valence-corrected chi connectivity index (χ1v) is 4.33. The predicted octanol–water partition coefficient (Wildman–Crippen LogP) is 1.36. The van der Waals surface area contributed by atoms with Gasteiger partial charge in [0.25, 0.3) is 0 Å². The van der Waals surface area contributed by atoms with Gasteiger partial charge in [0.1, 0.15) is 11.7 Å². The van der Waals surface area contributed by atoms with Crippen molar-refractivity contribution in [3.63, 3.8) is 0 Å². The van der Waals surface area contributed by atoms with Crippen LogP contribution < -0.4 is 11.1 Å². The minimum atomic E-state index is 0. The van der Waals surface area contributed by atoms with Gasteiger partial charge < -0.3 is 11.1 Å². The molecule has 0 aromatic carbocycles. The molecular formula is C9H13ClN4. The van der Waals surface area contributed by atoms with Crippen molar-refractivity contribution in [1.29, 1.82) is 5.41 Å². The number of nitrogens with two attached hydrogens (primary N) is 1. The highest BCUT2D eigenvalue weighted by atomic mass is 35.5. The third-order valence-corrected chi connectivity index (χ3v) is 2.02. The van der Waals surface area contributed by atoms with E-state index in [1.807, 2.05) is 0 Å². The zero-order valence-corrected chi connectivity index (χ0v) is 8.47. The fourth-order valence-electron chi connectivity index (χ4n) is 1.16. The number of pyridine rings is 1. The van der Waals surface area contributed by atoms with Crippen LogP contribution in [0.3, 0.4) is 0 Å². The molecule has 0 unspecified atom stereocenters. The van der Waals surface area contributed by atoms with Gasteiger partial charge >= 0.3 is 0 Å². The van der Waals surface area contributed by atoms with Gasteiger partial charge in [-0.3, -0.25) is 5.41 Å².